The normalized spacial score (nSPS) is 17.0. The second-order valence-electron chi connectivity index (χ2n) is 8.02. The molecule has 2 aromatic rings. The van der Waals surface area contributed by atoms with E-state index in [0.29, 0.717) is 6.04 Å². The zero-order valence-corrected chi connectivity index (χ0v) is 20.0. The second kappa shape index (κ2) is 12.2. The Kier molecular flexibility index (Phi) is 9.66. The first-order valence-electron chi connectivity index (χ1n) is 11.2. The molecule has 0 bridgehead atoms. The molecule has 168 valence electrons. The zero-order chi connectivity index (χ0) is 22.8. The first-order chi connectivity index (χ1) is 14.9. The van der Waals surface area contributed by atoms with Crippen LogP contribution in [0.25, 0.3) is 11.1 Å². The monoisotopic (exact) mass is 422 g/mol. The first-order valence-corrected chi connectivity index (χ1v) is 11.2. The van der Waals surface area contributed by atoms with Gasteiger partial charge in [-0.25, -0.2) is 0 Å². The molecule has 1 N–H and O–H groups in total. The van der Waals surface area contributed by atoms with Crippen molar-refractivity contribution in [2.75, 3.05) is 27.2 Å². The summed E-state index contributed by atoms with van der Waals surface area (Å²) in [4.78, 5) is 4.63. The SMILES string of the molecule is C=CC.CC/C(=N\N=C(/C)N1CCC(N(C)C)C1)c1ccc(-c2cn[nH]c2)cc1CC. The van der Waals surface area contributed by atoms with Crippen LogP contribution in [-0.2, 0) is 6.42 Å². The van der Waals surface area contributed by atoms with Gasteiger partial charge in [0, 0.05) is 36.5 Å². The van der Waals surface area contributed by atoms with Crippen molar-refractivity contribution in [1.82, 2.24) is 20.0 Å². The largest absolute Gasteiger partial charge is 0.357 e. The number of likely N-dealkylation sites (tertiary alicyclic amines) is 1. The van der Waals surface area contributed by atoms with E-state index in [1.54, 1.807) is 6.08 Å². The van der Waals surface area contributed by atoms with Gasteiger partial charge in [-0.2, -0.15) is 10.2 Å². The molecule has 6 nitrogen and oxygen atoms in total. The van der Waals surface area contributed by atoms with E-state index >= 15 is 0 Å². The van der Waals surface area contributed by atoms with Crippen molar-refractivity contribution >= 4 is 11.5 Å². The molecule has 0 radical (unpaired) electrons. The van der Waals surface area contributed by atoms with Gasteiger partial charge in [0.05, 0.1) is 11.9 Å². The summed E-state index contributed by atoms with van der Waals surface area (Å²) in [5, 5.41) is 16.2. The number of hydrogen-bond donors (Lipinski definition) is 1. The van der Waals surface area contributed by atoms with Gasteiger partial charge in [0.15, 0.2) is 0 Å². The van der Waals surface area contributed by atoms with Crippen LogP contribution in [0.5, 0.6) is 0 Å². The highest BCUT2D eigenvalue weighted by atomic mass is 15.3. The van der Waals surface area contributed by atoms with Crippen molar-refractivity contribution < 1.29 is 0 Å². The van der Waals surface area contributed by atoms with E-state index in [-0.39, 0.29) is 0 Å². The Morgan fingerprint density at radius 1 is 1.29 bits per heavy atom. The lowest BCUT2D eigenvalue weighted by Gasteiger charge is -2.20. The number of allylic oxidation sites excluding steroid dienone is 1. The maximum atomic E-state index is 4.66. The Hall–Kier alpha value is -2.73. The van der Waals surface area contributed by atoms with Crippen LogP contribution < -0.4 is 0 Å². The molecule has 0 aliphatic carbocycles. The van der Waals surface area contributed by atoms with E-state index in [9.17, 15) is 0 Å². The topological polar surface area (TPSA) is 59.9 Å². The summed E-state index contributed by atoms with van der Waals surface area (Å²) >= 11 is 0. The molecule has 6 heteroatoms. The van der Waals surface area contributed by atoms with Gasteiger partial charge in [-0.1, -0.05) is 38.1 Å². The van der Waals surface area contributed by atoms with Crippen molar-refractivity contribution in [2.24, 2.45) is 10.2 Å². The van der Waals surface area contributed by atoms with Crippen LogP contribution in [0.4, 0.5) is 0 Å². The Morgan fingerprint density at radius 2 is 2.03 bits per heavy atom. The Labute approximate surface area is 187 Å². The number of aromatic nitrogens is 2. The number of benzene rings is 1. The van der Waals surface area contributed by atoms with Gasteiger partial charge in [-0.15, -0.1) is 11.7 Å². The number of likely N-dealkylation sites (N-methyl/N-ethyl adjacent to an activating group) is 1. The lowest BCUT2D eigenvalue weighted by atomic mass is 9.95. The van der Waals surface area contributed by atoms with E-state index in [1.165, 1.54) is 23.1 Å². The fourth-order valence-electron chi connectivity index (χ4n) is 3.72. The average Bonchev–Trinajstić information content (AvgIpc) is 3.47. The molecule has 3 rings (SSSR count). The molecule has 1 atom stereocenters. The van der Waals surface area contributed by atoms with Gasteiger partial charge in [0.1, 0.15) is 5.84 Å². The summed E-state index contributed by atoms with van der Waals surface area (Å²) in [6.07, 6.45) is 8.52. The lowest BCUT2D eigenvalue weighted by Crippen LogP contribution is -2.33. The molecule has 1 fully saturated rings. The summed E-state index contributed by atoms with van der Waals surface area (Å²) in [5.41, 5.74) is 5.81. The second-order valence-corrected chi connectivity index (χ2v) is 8.02. The molecule has 31 heavy (non-hydrogen) atoms. The number of rotatable bonds is 6. The molecule has 2 heterocycles. The standard InChI is InChI=1S/C22H32N6.C3H6/c1-6-17-12-18(19-13-23-24-14-19)8-9-21(17)22(7-2)26-25-16(3)28-11-10-20(15-28)27(4)5;1-3-2/h8-9,12-14,20H,6-7,10-11,15H2,1-5H3,(H,23,24);3H,1H2,2H3/b25-16+,26-22+;. The number of H-pyrrole nitrogens is 1. The Bertz CT molecular complexity index is 879. The van der Waals surface area contributed by atoms with Crippen molar-refractivity contribution in [1.29, 1.82) is 0 Å². The maximum absolute atomic E-state index is 4.66. The summed E-state index contributed by atoms with van der Waals surface area (Å²) in [7, 11) is 4.29. The molecule has 1 aromatic carbocycles. The van der Waals surface area contributed by atoms with E-state index < -0.39 is 0 Å². The fraction of sp³-hybridized carbons (Fsp3) is 0.480. The minimum Gasteiger partial charge on any atom is -0.357 e. The first kappa shape index (κ1) is 24.5. The smallest absolute Gasteiger partial charge is 0.124 e. The van der Waals surface area contributed by atoms with E-state index in [0.717, 1.165) is 43.0 Å². The molecule has 1 aliphatic rings. The van der Waals surface area contributed by atoms with Crippen LogP contribution in [0.1, 0.15) is 51.7 Å². The van der Waals surface area contributed by atoms with Crippen LogP contribution in [0.3, 0.4) is 0 Å². The molecule has 1 saturated heterocycles. The number of hydrogen-bond acceptors (Lipinski definition) is 4. The van der Waals surface area contributed by atoms with Crippen molar-refractivity contribution in [3.05, 3.63) is 54.4 Å². The number of aromatic amines is 1. The van der Waals surface area contributed by atoms with Crippen molar-refractivity contribution in [2.45, 2.75) is 53.0 Å². The third-order valence-corrected chi connectivity index (χ3v) is 5.63. The van der Waals surface area contributed by atoms with Crippen LogP contribution in [0, 0.1) is 0 Å². The van der Waals surface area contributed by atoms with Gasteiger partial charge < -0.3 is 9.80 Å². The summed E-state index contributed by atoms with van der Waals surface area (Å²) < 4.78 is 0. The van der Waals surface area contributed by atoms with Gasteiger partial charge in [0.25, 0.3) is 0 Å². The van der Waals surface area contributed by atoms with Gasteiger partial charge in [-0.05, 0) is 58.3 Å². The van der Waals surface area contributed by atoms with Gasteiger partial charge in [-0.3, -0.25) is 5.10 Å². The number of amidine groups is 1. The minimum absolute atomic E-state index is 0.599. The Morgan fingerprint density at radius 3 is 2.58 bits per heavy atom. The molecular weight excluding hydrogens is 384 g/mol. The quantitative estimate of drug-likeness (QED) is 0.308. The predicted molar refractivity (Wildman–Crippen MR) is 133 cm³/mol. The number of nitrogens with zero attached hydrogens (tertiary/aromatic N) is 5. The van der Waals surface area contributed by atoms with Gasteiger partial charge >= 0.3 is 0 Å². The van der Waals surface area contributed by atoms with Crippen LogP contribution in [0.15, 0.2) is 53.5 Å². The summed E-state index contributed by atoms with van der Waals surface area (Å²) in [5.74, 6) is 1.00. The highest BCUT2D eigenvalue weighted by Gasteiger charge is 2.24. The van der Waals surface area contributed by atoms with E-state index in [2.05, 4.69) is 89.8 Å². The zero-order valence-electron chi connectivity index (χ0n) is 20.0. The van der Waals surface area contributed by atoms with Crippen LogP contribution in [-0.4, -0.2) is 64.8 Å². The number of aryl methyl sites for hydroxylation is 1. The summed E-state index contributed by atoms with van der Waals surface area (Å²) in [6, 6.07) is 7.15. The highest BCUT2D eigenvalue weighted by Crippen LogP contribution is 2.23. The van der Waals surface area contributed by atoms with E-state index in [1.807, 2.05) is 19.3 Å². The highest BCUT2D eigenvalue weighted by molar-refractivity contribution is 6.02. The molecular formula is C25H38N6. The third-order valence-electron chi connectivity index (χ3n) is 5.63. The third kappa shape index (κ3) is 6.62. The van der Waals surface area contributed by atoms with Crippen LogP contribution in [0.2, 0.25) is 0 Å². The van der Waals surface area contributed by atoms with Crippen molar-refractivity contribution in [3.8, 4) is 11.1 Å². The molecule has 0 amide bonds. The molecule has 1 aliphatic heterocycles. The van der Waals surface area contributed by atoms with Crippen LogP contribution >= 0.6 is 0 Å². The molecule has 1 aromatic heterocycles. The predicted octanol–water partition coefficient (Wildman–Crippen LogP) is 5.00. The summed E-state index contributed by atoms with van der Waals surface area (Å²) in [6.45, 7) is 13.7. The minimum atomic E-state index is 0.599. The lowest BCUT2D eigenvalue weighted by molar-refractivity contribution is 0.301. The van der Waals surface area contributed by atoms with Crippen molar-refractivity contribution in [3.63, 3.8) is 0 Å². The molecule has 0 spiro atoms. The number of nitrogens with one attached hydrogen (secondary N) is 1. The molecule has 0 saturated carbocycles. The average molecular weight is 423 g/mol. The van der Waals surface area contributed by atoms with E-state index in [4.69, 9.17) is 0 Å². The maximum Gasteiger partial charge on any atom is 0.124 e. The van der Waals surface area contributed by atoms with Gasteiger partial charge in [0.2, 0.25) is 0 Å². The Balaban J connectivity index is 0.00000107. The fourth-order valence-corrected chi connectivity index (χ4v) is 3.72. The molecule has 1 unspecified atom stereocenters.